The molecular formula is C13H14F2N2O3. The molecule has 2 rings (SSSR count). The van der Waals surface area contributed by atoms with E-state index in [0.717, 1.165) is 0 Å². The molecule has 1 aromatic carbocycles. The summed E-state index contributed by atoms with van der Waals surface area (Å²) in [5.74, 6) is -0.455. The highest BCUT2D eigenvalue weighted by atomic mass is 19.3. The van der Waals surface area contributed by atoms with E-state index in [1.807, 2.05) is 0 Å². The van der Waals surface area contributed by atoms with Crippen molar-refractivity contribution in [1.29, 1.82) is 0 Å². The molecule has 0 bridgehead atoms. The molecular weight excluding hydrogens is 270 g/mol. The van der Waals surface area contributed by atoms with Crippen molar-refractivity contribution in [2.24, 2.45) is 0 Å². The number of rotatable bonds is 4. The molecule has 0 spiro atoms. The quantitative estimate of drug-likeness (QED) is 0.912. The molecule has 2 amide bonds. The molecule has 7 heteroatoms. The van der Waals surface area contributed by atoms with E-state index in [0.29, 0.717) is 12.1 Å². The monoisotopic (exact) mass is 284 g/mol. The number of nitrogens with zero attached hydrogens (tertiary/aromatic N) is 1. The van der Waals surface area contributed by atoms with Crippen molar-refractivity contribution in [3.63, 3.8) is 0 Å². The minimum absolute atomic E-state index is 0.00435. The molecule has 1 atom stereocenters. The Kier molecular flexibility index (Phi) is 4.16. The molecule has 5 nitrogen and oxygen atoms in total. The molecule has 1 N–H and O–H groups in total. The van der Waals surface area contributed by atoms with E-state index in [4.69, 9.17) is 0 Å². The lowest BCUT2D eigenvalue weighted by molar-refractivity contribution is -0.131. The number of alkyl halides is 2. The number of benzene rings is 1. The second kappa shape index (κ2) is 5.85. The van der Waals surface area contributed by atoms with Gasteiger partial charge in [0.2, 0.25) is 11.8 Å². The van der Waals surface area contributed by atoms with Gasteiger partial charge in [0, 0.05) is 5.69 Å². The first kappa shape index (κ1) is 14.2. The van der Waals surface area contributed by atoms with Crippen LogP contribution in [0.25, 0.3) is 0 Å². The summed E-state index contributed by atoms with van der Waals surface area (Å²) in [6, 6.07) is 5.07. The zero-order chi connectivity index (χ0) is 14.7. The number of nitrogens with one attached hydrogen (secondary N) is 1. The maximum atomic E-state index is 12.1. The van der Waals surface area contributed by atoms with Crippen LogP contribution in [0.4, 0.5) is 14.5 Å². The van der Waals surface area contributed by atoms with Crippen LogP contribution < -0.4 is 15.0 Å². The fraction of sp³-hybridized carbons (Fsp3) is 0.385. The van der Waals surface area contributed by atoms with Crippen molar-refractivity contribution in [1.82, 2.24) is 5.32 Å². The summed E-state index contributed by atoms with van der Waals surface area (Å²) < 4.78 is 28.3. The Labute approximate surface area is 114 Å². The van der Waals surface area contributed by atoms with E-state index in [9.17, 15) is 18.4 Å². The normalized spacial score (nSPS) is 19.2. The molecule has 1 aliphatic heterocycles. The summed E-state index contributed by atoms with van der Waals surface area (Å²) in [7, 11) is 0. The summed E-state index contributed by atoms with van der Waals surface area (Å²) >= 11 is 0. The first-order valence-electron chi connectivity index (χ1n) is 6.17. The average molecular weight is 284 g/mol. The van der Waals surface area contributed by atoms with Crippen molar-refractivity contribution in [2.75, 3.05) is 11.4 Å². The van der Waals surface area contributed by atoms with Crippen molar-refractivity contribution in [2.45, 2.75) is 26.0 Å². The number of amides is 2. The first-order chi connectivity index (χ1) is 9.51. The van der Waals surface area contributed by atoms with Crippen LogP contribution in [0.5, 0.6) is 5.75 Å². The molecule has 108 valence electrons. The number of hydrogen-bond donors (Lipinski definition) is 1. The second-order valence-corrected chi connectivity index (χ2v) is 4.33. The summed E-state index contributed by atoms with van der Waals surface area (Å²) in [5.41, 5.74) is 0.477. The van der Waals surface area contributed by atoms with Crippen molar-refractivity contribution >= 4 is 17.5 Å². The molecule has 1 heterocycles. The van der Waals surface area contributed by atoms with Gasteiger partial charge in [-0.05, 0) is 30.7 Å². The first-order valence-corrected chi connectivity index (χ1v) is 6.17. The molecule has 0 aliphatic carbocycles. The topological polar surface area (TPSA) is 58.6 Å². The van der Waals surface area contributed by atoms with Crippen LogP contribution in [0.2, 0.25) is 0 Å². The van der Waals surface area contributed by atoms with Crippen molar-refractivity contribution in [3.05, 3.63) is 24.3 Å². The van der Waals surface area contributed by atoms with Gasteiger partial charge in [0.15, 0.2) is 0 Å². The van der Waals surface area contributed by atoms with Crippen LogP contribution in [0.3, 0.4) is 0 Å². The Morgan fingerprint density at radius 3 is 2.55 bits per heavy atom. The van der Waals surface area contributed by atoms with Gasteiger partial charge in [-0.1, -0.05) is 6.92 Å². The maximum Gasteiger partial charge on any atom is 0.387 e. The largest absolute Gasteiger partial charge is 0.435 e. The molecule has 1 fully saturated rings. The summed E-state index contributed by atoms with van der Waals surface area (Å²) in [5, 5.41) is 2.60. The minimum Gasteiger partial charge on any atom is -0.435 e. The Morgan fingerprint density at radius 1 is 1.35 bits per heavy atom. The Hall–Kier alpha value is -2.18. The van der Waals surface area contributed by atoms with Crippen LogP contribution >= 0.6 is 0 Å². The van der Waals surface area contributed by atoms with Gasteiger partial charge in [0.05, 0.1) is 0 Å². The number of piperazine rings is 1. The lowest BCUT2D eigenvalue weighted by atomic mass is 10.1. The molecule has 0 saturated carbocycles. The smallest absolute Gasteiger partial charge is 0.387 e. The van der Waals surface area contributed by atoms with Gasteiger partial charge in [0.1, 0.15) is 18.3 Å². The SMILES string of the molecule is CCC1NC(=O)CN(c2ccc(OC(F)F)cc2)C1=O. The van der Waals surface area contributed by atoms with E-state index in [1.165, 1.54) is 29.2 Å². The van der Waals surface area contributed by atoms with Crippen LogP contribution in [0.1, 0.15) is 13.3 Å². The summed E-state index contributed by atoms with van der Waals surface area (Å²) in [6.45, 7) is -1.18. The lowest BCUT2D eigenvalue weighted by Gasteiger charge is -2.32. The molecule has 1 saturated heterocycles. The molecule has 0 radical (unpaired) electrons. The predicted octanol–water partition coefficient (Wildman–Crippen LogP) is 1.53. The third-order valence-corrected chi connectivity index (χ3v) is 2.98. The average Bonchev–Trinajstić information content (AvgIpc) is 2.41. The molecule has 0 aromatic heterocycles. The van der Waals surface area contributed by atoms with Crippen LogP contribution in [-0.2, 0) is 9.59 Å². The standard InChI is InChI=1S/C13H14F2N2O3/c1-2-10-12(19)17(7-11(18)16-10)8-3-5-9(6-4-8)20-13(14)15/h3-6,10,13H,2,7H2,1H3,(H,16,18). The van der Waals surface area contributed by atoms with E-state index < -0.39 is 12.7 Å². The molecule has 1 unspecified atom stereocenters. The van der Waals surface area contributed by atoms with Gasteiger partial charge in [-0.15, -0.1) is 0 Å². The van der Waals surface area contributed by atoms with Crippen molar-refractivity contribution in [3.8, 4) is 5.75 Å². The minimum atomic E-state index is -2.90. The fourth-order valence-corrected chi connectivity index (χ4v) is 2.01. The van der Waals surface area contributed by atoms with E-state index in [1.54, 1.807) is 6.92 Å². The number of hydrogen-bond acceptors (Lipinski definition) is 3. The fourth-order valence-electron chi connectivity index (χ4n) is 2.01. The van der Waals surface area contributed by atoms with Gasteiger partial charge in [-0.25, -0.2) is 0 Å². The van der Waals surface area contributed by atoms with Crippen LogP contribution in [0, 0.1) is 0 Å². The number of carbonyl (C=O) groups is 2. The Bertz CT molecular complexity index is 505. The van der Waals surface area contributed by atoms with E-state index in [2.05, 4.69) is 10.1 Å². The second-order valence-electron chi connectivity index (χ2n) is 4.33. The molecule has 1 aromatic rings. The van der Waals surface area contributed by atoms with E-state index >= 15 is 0 Å². The highest BCUT2D eigenvalue weighted by Gasteiger charge is 2.32. The lowest BCUT2D eigenvalue weighted by Crippen LogP contribution is -2.58. The van der Waals surface area contributed by atoms with Crippen molar-refractivity contribution < 1.29 is 23.1 Å². The molecule has 1 aliphatic rings. The summed E-state index contributed by atoms with van der Waals surface area (Å²) in [6.07, 6.45) is 0.494. The number of anilines is 1. The Balaban J connectivity index is 2.17. The van der Waals surface area contributed by atoms with Gasteiger partial charge in [-0.2, -0.15) is 8.78 Å². The maximum absolute atomic E-state index is 12.1. The zero-order valence-electron chi connectivity index (χ0n) is 10.8. The number of halogens is 2. The number of carbonyl (C=O) groups excluding carboxylic acids is 2. The van der Waals surface area contributed by atoms with Gasteiger partial charge >= 0.3 is 6.61 Å². The molecule has 20 heavy (non-hydrogen) atoms. The number of ether oxygens (including phenoxy) is 1. The highest BCUT2D eigenvalue weighted by Crippen LogP contribution is 2.22. The van der Waals surface area contributed by atoms with Crippen LogP contribution in [0.15, 0.2) is 24.3 Å². The highest BCUT2D eigenvalue weighted by molar-refractivity contribution is 6.06. The Morgan fingerprint density at radius 2 is 2.00 bits per heavy atom. The summed E-state index contributed by atoms with van der Waals surface area (Å²) in [4.78, 5) is 25.0. The van der Waals surface area contributed by atoms with Gasteiger partial charge in [-0.3, -0.25) is 9.59 Å². The van der Waals surface area contributed by atoms with Crippen LogP contribution in [-0.4, -0.2) is 31.0 Å². The van der Waals surface area contributed by atoms with Gasteiger partial charge in [0.25, 0.3) is 0 Å². The van der Waals surface area contributed by atoms with E-state index in [-0.39, 0.29) is 24.1 Å². The third kappa shape index (κ3) is 3.04. The third-order valence-electron chi connectivity index (χ3n) is 2.98. The zero-order valence-corrected chi connectivity index (χ0v) is 10.8. The predicted molar refractivity (Wildman–Crippen MR) is 67.6 cm³/mol. The van der Waals surface area contributed by atoms with Gasteiger partial charge < -0.3 is 15.0 Å².